The molecule has 0 unspecified atom stereocenters. The van der Waals surface area contributed by atoms with Crippen LogP contribution in [0.1, 0.15) is 18.4 Å². The largest absolute Gasteiger partial charge is 0.492 e. The number of nitrogens with one attached hydrogen (secondary N) is 1. The van der Waals surface area contributed by atoms with E-state index in [0.29, 0.717) is 38.2 Å². The second kappa shape index (κ2) is 10.4. The molecule has 0 aromatic heterocycles. The molecule has 1 heterocycles. The highest BCUT2D eigenvalue weighted by molar-refractivity contribution is 9.10. The molecule has 1 aliphatic rings. The van der Waals surface area contributed by atoms with E-state index in [1.165, 1.54) is 28.6 Å². The van der Waals surface area contributed by atoms with Gasteiger partial charge in [-0.15, -0.1) is 0 Å². The van der Waals surface area contributed by atoms with E-state index < -0.39 is 10.0 Å². The van der Waals surface area contributed by atoms with Crippen LogP contribution in [0, 0.1) is 11.7 Å². The zero-order chi connectivity index (χ0) is 21.6. The lowest BCUT2D eigenvalue weighted by molar-refractivity contribution is -0.126. The second-order valence-corrected chi connectivity index (χ2v) is 10.0. The minimum absolute atomic E-state index is 0.0438. The molecule has 0 bridgehead atoms. The van der Waals surface area contributed by atoms with Gasteiger partial charge in [0.15, 0.2) is 0 Å². The predicted octanol–water partition coefficient (Wildman–Crippen LogP) is 3.33. The van der Waals surface area contributed by atoms with Gasteiger partial charge < -0.3 is 10.1 Å². The van der Waals surface area contributed by atoms with Crippen molar-refractivity contribution >= 4 is 31.9 Å². The number of sulfonamides is 1. The highest BCUT2D eigenvalue weighted by Crippen LogP contribution is 2.22. The average molecular weight is 499 g/mol. The first-order valence-corrected chi connectivity index (χ1v) is 12.1. The number of hydrogen-bond donors (Lipinski definition) is 1. The number of amides is 1. The van der Waals surface area contributed by atoms with Crippen LogP contribution >= 0.6 is 15.9 Å². The van der Waals surface area contributed by atoms with Crippen molar-refractivity contribution in [3.8, 4) is 5.75 Å². The number of carbonyl (C=O) groups excluding carboxylic acids is 1. The molecule has 2 aromatic rings. The van der Waals surface area contributed by atoms with Gasteiger partial charge in [-0.25, -0.2) is 17.1 Å². The zero-order valence-electron chi connectivity index (χ0n) is 16.4. The summed E-state index contributed by atoms with van der Waals surface area (Å²) in [6.45, 7) is 1.28. The Morgan fingerprint density at radius 3 is 2.37 bits per heavy atom. The average Bonchev–Trinajstić information content (AvgIpc) is 2.74. The van der Waals surface area contributed by atoms with Gasteiger partial charge in [-0.2, -0.15) is 0 Å². The lowest BCUT2D eigenvalue weighted by Gasteiger charge is -2.30. The van der Waals surface area contributed by atoms with Crippen LogP contribution in [0.2, 0.25) is 0 Å². The highest BCUT2D eigenvalue weighted by atomic mass is 79.9. The maximum Gasteiger partial charge on any atom is 0.223 e. The molecule has 1 fully saturated rings. The Balaban J connectivity index is 1.40. The Bertz CT molecular complexity index is 944. The van der Waals surface area contributed by atoms with Gasteiger partial charge in [0.2, 0.25) is 15.9 Å². The molecule has 3 rings (SSSR count). The molecule has 0 spiro atoms. The topological polar surface area (TPSA) is 75.7 Å². The standard InChI is InChI=1S/C21H24BrFN2O4S/c22-18-3-1-16(2-4-18)15-30(27,28)25-12-9-17(10-13-25)21(26)24-11-14-29-20-7-5-19(23)6-8-20/h1-8,17H,9-15H2,(H,24,26). The number of benzene rings is 2. The minimum Gasteiger partial charge on any atom is -0.492 e. The molecule has 1 N–H and O–H groups in total. The SMILES string of the molecule is O=C(NCCOc1ccc(F)cc1)C1CCN(S(=O)(=O)Cc2ccc(Br)cc2)CC1. The van der Waals surface area contributed by atoms with Gasteiger partial charge in [0.25, 0.3) is 0 Å². The summed E-state index contributed by atoms with van der Waals surface area (Å²) in [5.41, 5.74) is 0.735. The summed E-state index contributed by atoms with van der Waals surface area (Å²) in [7, 11) is -3.41. The van der Waals surface area contributed by atoms with Crippen LogP contribution in [0.3, 0.4) is 0 Å². The summed E-state index contributed by atoms with van der Waals surface area (Å²) >= 11 is 3.34. The molecule has 1 amide bonds. The third-order valence-electron chi connectivity index (χ3n) is 4.96. The normalized spacial score (nSPS) is 15.7. The molecular weight excluding hydrogens is 475 g/mol. The van der Waals surface area contributed by atoms with Crippen LogP contribution in [-0.2, 0) is 20.6 Å². The number of ether oxygens (including phenoxy) is 1. The van der Waals surface area contributed by atoms with E-state index in [4.69, 9.17) is 4.74 Å². The first-order chi connectivity index (χ1) is 14.3. The summed E-state index contributed by atoms with van der Waals surface area (Å²) in [4.78, 5) is 12.3. The van der Waals surface area contributed by atoms with Crippen molar-refractivity contribution in [2.45, 2.75) is 18.6 Å². The van der Waals surface area contributed by atoms with E-state index in [-0.39, 0.29) is 30.0 Å². The Hall–Kier alpha value is -1.97. The molecule has 0 radical (unpaired) electrons. The fourth-order valence-corrected chi connectivity index (χ4v) is 5.12. The van der Waals surface area contributed by atoms with Crippen molar-refractivity contribution in [1.82, 2.24) is 9.62 Å². The van der Waals surface area contributed by atoms with Crippen LogP contribution in [0.5, 0.6) is 5.75 Å². The lowest BCUT2D eigenvalue weighted by atomic mass is 9.97. The van der Waals surface area contributed by atoms with Gasteiger partial charge in [-0.1, -0.05) is 28.1 Å². The summed E-state index contributed by atoms with van der Waals surface area (Å²) in [5, 5.41) is 2.82. The third-order valence-corrected chi connectivity index (χ3v) is 7.34. The van der Waals surface area contributed by atoms with E-state index in [9.17, 15) is 17.6 Å². The van der Waals surface area contributed by atoms with Crippen molar-refractivity contribution in [1.29, 1.82) is 0 Å². The van der Waals surface area contributed by atoms with E-state index in [2.05, 4.69) is 21.2 Å². The minimum atomic E-state index is -3.41. The smallest absolute Gasteiger partial charge is 0.223 e. The van der Waals surface area contributed by atoms with E-state index >= 15 is 0 Å². The molecule has 162 valence electrons. The van der Waals surface area contributed by atoms with Gasteiger partial charge in [0.1, 0.15) is 18.2 Å². The van der Waals surface area contributed by atoms with Gasteiger partial charge in [0, 0.05) is 23.5 Å². The molecule has 30 heavy (non-hydrogen) atoms. The van der Waals surface area contributed by atoms with Crippen LogP contribution < -0.4 is 10.1 Å². The summed E-state index contributed by atoms with van der Waals surface area (Å²) < 4.78 is 46.0. The van der Waals surface area contributed by atoms with Crippen molar-refractivity contribution in [3.05, 3.63) is 64.4 Å². The van der Waals surface area contributed by atoms with Crippen LogP contribution in [0.15, 0.2) is 53.0 Å². The number of piperidine rings is 1. The Morgan fingerprint density at radius 2 is 1.73 bits per heavy atom. The number of halogens is 2. The van der Waals surface area contributed by atoms with Crippen LogP contribution in [0.25, 0.3) is 0 Å². The Labute approximate surface area is 184 Å². The molecule has 0 aliphatic carbocycles. The van der Waals surface area contributed by atoms with E-state index in [1.54, 1.807) is 12.1 Å². The van der Waals surface area contributed by atoms with Crippen molar-refractivity contribution in [3.63, 3.8) is 0 Å². The van der Waals surface area contributed by atoms with Crippen LogP contribution in [0.4, 0.5) is 4.39 Å². The monoisotopic (exact) mass is 498 g/mol. The number of carbonyl (C=O) groups is 1. The van der Waals surface area contributed by atoms with E-state index in [1.807, 2.05) is 12.1 Å². The lowest BCUT2D eigenvalue weighted by Crippen LogP contribution is -2.43. The van der Waals surface area contributed by atoms with Crippen molar-refractivity contribution < 1.29 is 22.3 Å². The first-order valence-electron chi connectivity index (χ1n) is 9.72. The van der Waals surface area contributed by atoms with Gasteiger partial charge in [0.05, 0.1) is 12.3 Å². The van der Waals surface area contributed by atoms with Crippen LogP contribution in [-0.4, -0.2) is 44.9 Å². The molecule has 1 saturated heterocycles. The van der Waals surface area contributed by atoms with Crippen molar-refractivity contribution in [2.75, 3.05) is 26.2 Å². The molecule has 1 aliphatic heterocycles. The Morgan fingerprint density at radius 1 is 1.10 bits per heavy atom. The third kappa shape index (κ3) is 6.52. The van der Waals surface area contributed by atoms with E-state index in [0.717, 1.165) is 10.0 Å². The molecule has 0 atom stereocenters. The Kier molecular flexibility index (Phi) is 7.85. The maximum absolute atomic E-state index is 12.9. The van der Waals surface area contributed by atoms with Gasteiger partial charge in [-0.05, 0) is 54.8 Å². The maximum atomic E-state index is 12.9. The summed E-state index contributed by atoms with van der Waals surface area (Å²) in [5.74, 6) is -0.147. The number of nitrogens with zero attached hydrogens (tertiary/aromatic N) is 1. The molecule has 9 heteroatoms. The van der Waals surface area contributed by atoms with Gasteiger partial charge in [-0.3, -0.25) is 4.79 Å². The fourth-order valence-electron chi connectivity index (χ4n) is 3.30. The predicted molar refractivity (Wildman–Crippen MR) is 116 cm³/mol. The number of rotatable bonds is 8. The first kappa shape index (κ1) is 22.7. The molecule has 6 nitrogen and oxygen atoms in total. The summed E-state index contributed by atoms with van der Waals surface area (Å²) in [6, 6.07) is 12.9. The molecule has 0 saturated carbocycles. The van der Waals surface area contributed by atoms with Gasteiger partial charge >= 0.3 is 0 Å². The van der Waals surface area contributed by atoms with Crippen molar-refractivity contribution in [2.24, 2.45) is 5.92 Å². The number of hydrogen-bond acceptors (Lipinski definition) is 4. The molecular formula is C21H24BrFN2O4S. The molecule has 2 aromatic carbocycles. The zero-order valence-corrected chi connectivity index (χ0v) is 18.8. The summed E-state index contributed by atoms with van der Waals surface area (Å²) in [6.07, 6.45) is 0.981. The quantitative estimate of drug-likeness (QED) is 0.566. The second-order valence-electron chi connectivity index (χ2n) is 7.15. The highest BCUT2D eigenvalue weighted by Gasteiger charge is 2.31. The fraction of sp³-hybridized carbons (Fsp3) is 0.381.